The van der Waals surface area contributed by atoms with E-state index in [2.05, 4.69) is 32.6 Å². The summed E-state index contributed by atoms with van der Waals surface area (Å²) in [6.45, 7) is 0.706. The largest absolute Gasteiger partial charge is 0.494 e. The summed E-state index contributed by atoms with van der Waals surface area (Å²) in [4.78, 5) is 20.6. The average molecular weight is 507 g/mol. The van der Waals surface area contributed by atoms with E-state index >= 15 is 0 Å². The molecule has 3 aromatic rings. The second-order valence-electron chi connectivity index (χ2n) is 6.97. The van der Waals surface area contributed by atoms with Crippen molar-refractivity contribution in [1.29, 1.82) is 0 Å². The van der Waals surface area contributed by atoms with Gasteiger partial charge in [-0.25, -0.2) is 4.39 Å². The molecule has 1 fully saturated rings. The number of aliphatic hydroxyl groups excluding tert-OH is 1. The number of anilines is 1. The standard InChI is InChI=1S/C21H19FIN3O3/c22-18-9-13(4-6-19(18)26-7-1-2-14(26)11-27)24-10-17-16-8-12(23)3-5-15(16)20(28)25-21(17)29/h3-6,8-10,14,27H,1-2,7,11H2,(H2,25,28,29). The van der Waals surface area contributed by atoms with Crippen molar-refractivity contribution in [2.45, 2.75) is 18.9 Å². The lowest BCUT2D eigenvalue weighted by Crippen LogP contribution is -2.32. The second kappa shape index (κ2) is 8.11. The fraction of sp³-hybridized carbons (Fsp3) is 0.238. The van der Waals surface area contributed by atoms with Crippen LogP contribution in [-0.4, -0.2) is 40.6 Å². The Hall–Kier alpha value is -2.46. The highest BCUT2D eigenvalue weighted by Crippen LogP contribution is 2.30. The minimum atomic E-state index is -0.412. The van der Waals surface area contributed by atoms with Crippen LogP contribution in [0.25, 0.3) is 10.8 Å². The first kappa shape index (κ1) is 19.8. The van der Waals surface area contributed by atoms with Gasteiger partial charge in [0.1, 0.15) is 5.82 Å². The van der Waals surface area contributed by atoms with Crippen LogP contribution in [0.2, 0.25) is 0 Å². The van der Waals surface area contributed by atoms with Gasteiger partial charge in [0, 0.05) is 33.2 Å². The minimum Gasteiger partial charge on any atom is -0.494 e. The Balaban J connectivity index is 1.69. The number of aliphatic hydroxyl groups is 1. The Kier molecular flexibility index (Phi) is 5.55. The molecule has 2 heterocycles. The lowest BCUT2D eigenvalue weighted by atomic mass is 10.1. The number of rotatable bonds is 4. The van der Waals surface area contributed by atoms with Gasteiger partial charge in [-0.15, -0.1) is 0 Å². The van der Waals surface area contributed by atoms with Gasteiger partial charge in [-0.3, -0.25) is 14.8 Å². The summed E-state index contributed by atoms with van der Waals surface area (Å²) in [5.41, 5.74) is 0.816. The number of hydrogen-bond acceptors (Lipinski definition) is 5. The molecular formula is C21H19FIN3O3. The topological polar surface area (TPSA) is 88.9 Å². The van der Waals surface area contributed by atoms with Crippen molar-refractivity contribution in [2.75, 3.05) is 18.1 Å². The first-order chi connectivity index (χ1) is 14.0. The number of aromatic amines is 1. The molecule has 4 rings (SSSR count). The van der Waals surface area contributed by atoms with E-state index in [1.807, 2.05) is 11.0 Å². The number of aromatic nitrogens is 1. The zero-order valence-electron chi connectivity index (χ0n) is 15.4. The second-order valence-corrected chi connectivity index (χ2v) is 8.22. The van der Waals surface area contributed by atoms with E-state index in [0.29, 0.717) is 34.3 Å². The highest BCUT2D eigenvalue weighted by molar-refractivity contribution is 14.1. The van der Waals surface area contributed by atoms with Gasteiger partial charge in [0.15, 0.2) is 0 Å². The van der Waals surface area contributed by atoms with Gasteiger partial charge in [0.05, 0.1) is 29.6 Å². The number of hydrogen-bond donors (Lipinski definition) is 3. The Morgan fingerprint density at radius 2 is 2.10 bits per heavy atom. The molecule has 1 aliphatic heterocycles. The predicted octanol–water partition coefficient (Wildman–Crippen LogP) is 3.69. The highest BCUT2D eigenvalue weighted by atomic mass is 127. The molecule has 6 nitrogen and oxygen atoms in total. The molecule has 1 atom stereocenters. The number of nitrogens with zero attached hydrogens (tertiary/aromatic N) is 2. The molecule has 0 bridgehead atoms. The molecule has 0 spiro atoms. The van der Waals surface area contributed by atoms with E-state index in [9.17, 15) is 19.4 Å². The Labute approximate surface area is 179 Å². The van der Waals surface area contributed by atoms with Crippen molar-refractivity contribution in [3.8, 4) is 5.88 Å². The van der Waals surface area contributed by atoms with E-state index < -0.39 is 5.82 Å². The van der Waals surface area contributed by atoms with E-state index in [0.717, 1.165) is 16.4 Å². The van der Waals surface area contributed by atoms with Crippen LogP contribution in [0.1, 0.15) is 18.4 Å². The van der Waals surface area contributed by atoms with Gasteiger partial charge >= 0.3 is 0 Å². The third kappa shape index (κ3) is 3.86. The molecule has 1 saturated heterocycles. The fourth-order valence-electron chi connectivity index (χ4n) is 3.73. The lowest BCUT2D eigenvalue weighted by Gasteiger charge is -2.25. The van der Waals surface area contributed by atoms with E-state index in [1.165, 1.54) is 12.3 Å². The number of aliphatic imine (C=N–C) groups is 1. The SMILES string of the molecule is O=c1[nH]c(O)c(C=Nc2ccc(N3CCCC3CO)c(F)c2)c2cc(I)ccc12. The molecule has 1 aromatic heterocycles. The summed E-state index contributed by atoms with van der Waals surface area (Å²) in [6.07, 6.45) is 3.18. The van der Waals surface area contributed by atoms with Gasteiger partial charge in [0.2, 0.25) is 5.88 Å². The Morgan fingerprint density at radius 1 is 1.28 bits per heavy atom. The number of halogens is 2. The lowest BCUT2D eigenvalue weighted by molar-refractivity contribution is 0.266. The molecule has 0 aliphatic carbocycles. The number of pyridine rings is 1. The minimum absolute atomic E-state index is 0.00327. The van der Waals surface area contributed by atoms with Crippen molar-refractivity contribution in [2.24, 2.45) is 4.99 Å². The maximum atomic E-state index is 14.7. The van der Waals surface area contributed by atoms with Crippen molar-refractivity contribution >= 4 is 51.0 Å². The molecule has 1 aliphatic rings. The first-order valence-electron chi connectivity index (χ1n) is 9.23. The van der Waals surface area contributed by atoms with Crippen LogP contribution < -0.4 is 10.5 Å². The van der Waals surface area contributed by atoms with E-state index in [-0.39, 0.29) is 24.1 Å². The molecule has 0 saturated carbocycles. The molecule has 0 amide bonds. The molecule has 29 heavy (non-hydrogen) atoms. The van der Waals surface area contributed by atoms with Gasteiger partial charge in [-0.1, -0.05) is 0 Å². The van der Waals surface area contributed by atoms with E-state index in [1.54, 1.807) is 24.3 Å². The van der Waals surface area contributed by atoms with Gasteiger partial charge in [-0.05, 0) is 65.8 Å². The zero-order chi connectivity index (χ0) is 20.5. The molecule has 0 radical (unpaired) electrons. The van der Waals surface area contributed by atoms with Crippen LogP contribution in [0.3, 0.4) is 0 Å². The average Bonchev–Trinajstić information content (AvgIpc) is 3.16. The monoisotopic (exact) mass is 507 g/mol. The molecule has 3 N–H and O–H groups in total. The summed E-state index contributed by atoms with van der Waals surface area (Å²) in [5.74, 6) is -0.696. The Bertz CT molecular complexity index is 1160. The van der Waals surface area contributed by atoms with Gasteiger partial charge in [-0.2, -0.15) is 0 Å². The normalized spacial score (nSPS) is 16.9. The maximum absolute atomic E-state index is 14.7. The van der Waals surface area contributed by atoms with Gasteiger partial charge in [0.25, 0.3) is 5.56 Å². The predicted molar refractivity (Wildman–Crippen MR) is 120 cm³/mol. The summed E-state index contributed by atoms with van der Waals surface area (Å²) in [6, 6.07) is 9.90. The number of benzene rings is 2. The van der Waals surface area contributed by atoms with Crippen molar-refractivity contribution in [1.82, 2.24) is 4.98 Å². The zero-order valence-corrected chi connectivity index (χ0v) is 17.6. The summed E-state index contributed by atoms with van der Waals surface area (Å²) in [7, 11) is 0. The van der Waals surface area contributed by atoms with Crippen LogP contribution in [0.5, 0.6) is 5.88 Å². The smallest absolute Gasteiger partial charge is 0.258 e. The molecule has 150 valence electrons. The van der Waals surface area contributed by atoms with Crippen LogP contribution in [0.4, 0.5) is 15.8 Å². The third-order valence-electron chi connectivity index (χ3n) is 5.17. The van der Waals surface area contributed by atoms with Crippen molar-refractivity contribution in [3.63, 3.8) is 0 Å². The number of fused-ring (bicyclic) bond motifs is 1. The van der Waals surface area contributed by atoms with Crippen LogP contribution >= 0.6 is 22.6 Å². The molecule has 8 heteroatoms. The highest BCUT2D eigenvalue weighted by Gasteiger charge is 2.26. The fourth-order valence-corrected chi connectivity index (χ4v) is 4.22. The summed E-state index contributed by atoms with van der Waals surface area (Å²) < 4.78 is 15.6. The van der Waals surface area contributed by atoms with E-state index in [4.69, 9.17) is 0 Å². The van der Waals surface area contributed by atoms with Gasteiger partial charge < -0.3 is 15.1 Å². The molecule has 1 unspecified atom stereocenters. The van der Waals surface area contributed by atoms with Crippen LogP contribution in [0.15, 0.2) is 46.2 Å². The van der Waals surface area contributed by atoms with Crippen LogP contribution in [0, 0.1) is 9.39 Å². The maximum Gasteiger partial charge on any atom is 0.258 e. The summed E-state index contributed by atoms with van der Waals surface area (Å²) in [5, 5.41) is 20.7. The summed E-state index contributed by atoms with van der Waals surface area (Å²) >= 11 is 2.13. The molecule has 2 aromatic carbocycles. The number of aromatic hydroxyl groups is 1. The quantitative estimate of drug-likeness (QED) is 0.372. The number of H-pyrrole nitrogens is 1. The molecular weight excluding hydrogens is 488 g/mol. The van der Waals surface area contributed by atoms with Crippen molar-refractivity contribution in [3.05, 3.63) is 61.7 Å². The van der Waals surface area contributed by atoms with Crippen molar-refractivity contribution < 1.29 is 14.6 Å². The van der Waals surface area contributed by atoms with Crippen LogP contribution in [-0.2, 0) is 0 Å². The third-order valence-corrected chi connectivity index (χ3v) is 5.85. The first-order valence-corrected chi connectivity index (χ1v) is 10.3. The number of nitrogens with one attached hydrogen (secondary N) is 1. The Morgan fingerprint density at radius 3 is 2.86 bits per heavy atom.